The van der Waals surface area contributed by atoms with Gasteiger partial charge in [0.25, 0.3) is 0 Å². The van der Waals surface area contributed by atoms with Gasteiger partial charge in [0.2, 0.25) is 5.91 Å². The minimum absolute atomic E-state index is 0.212. The number of amides is 1. The maximum atomic E-state index is 11.7. The fourth-order valence-corrected chi connectivity index (χ4v) is 3.10. The molecule has 16 heavy (non-hydrogen) atoms. The predicted octanol–water partition coefficient (Wildman–Crippen LogP) is 1.75. The van der Waals surface area contributed by atoms with Crippen LogP contribution in [0.4, 0.5) is 0 Å². The summed E-state index contributed by atoms with van der Waals surface area (Å²) in [6, 6.07) is 1.03. The minimum Gasteiger partial charge on any atom is -0.352 e. The second-order valence-corrected chi connectivity index (χ2v) is 5.23. The summed E-state index contributed by atoms with van der Waals surface area (Å²) in [6.45, 7) is 2.39. The Labute approximate surface area is 103 Å². The number of nitrogens with zero attached hydrogens (tertiary/aromatic N) is 1. The lowest BCUT2D eigenvalue weighted by atomic mass is 10.1. The molecule has 0 aliphatic carbocycles. The minimum atomic E-state index is 0.212. The molecule has 0 spiro atoms. The highest BCUT2D eigenvalue weighted by molar-refractivity contribution is 6.17. The molecule has 2 rings (SSSR count). The molecule has 1 amide bonds. The van der Waals surface area contributed by atoms with Crippen LogP contribution in [0.2, 0.25) is 0 Å². The molecular weight excluding hydrogens is 224 g/mol. The van der Waals surface area contributed by atoms with Crippen molar-refractivity contribution in [3.8, 4) is 0 Å². The summed E-state index contributed by atoms with van der Waals surface area (Å²) in [4.78, 5) is 14.2. The Bertz CT molecular complexity index is 247. The molecule has 2 heterocycles. The van der Waals surface area contributed by atoms with Crippen LogP contribution >= 0.6 is 11.6 Å². The number of carbonyl (C=O) groups excluding carboxylic acids is 1. The first kappa shape index (κ1) is 12.2. The zero-order chi connectivity index (χ0) is 11.4. The van der Waals surface area contributed by atoms with E-state index in [-0.39, 0.29) is 5.91 Å². The molecule has 0 aromatic heterocycles. The van der Waals surface area contributed by atoms with Gasteiger partial charge in [0.05, 0.1) is 0 Å². The summed E-state index contributed by atoms with van der Waals surface area (Å²) < 4.78 is 0. The summed E-state index contributed by atoms with van der Waals surface area (Å²) in [5.41, 5.74) is 0. The smallest absolute Gasteiger partial charge is 0.220 e. The van der Waals surface area contributed by atoms with Crippen molar-refractivity contribution in [2.75, 3.05) is 19.0 Å². The molecule has 0 aromatic carbocycles. The Morgan fingerprint density at radius 1 is 1.31 bits per heavy atom. The molecule has 4 heteroatoms. The first-order chi connectivity index (χ1) is 7.81. The Balaban J connectivity index is 1.70. The van der Waals surface area contributed by atoms with Crippen LogP contribution in [-0.4, -0.2) is 41.9 Å². The fraction of sp³-hybridized carbons (Fsp3) is 0.917. The van der Waals surface area contributed by atoms with E-state index in [0.29, 0.717) is 24.4 Å². The standard InChI is InChI=1S/C12H21ClN2O/c13-7-2-1-5-12(16)14-10-6-9-15-8-3-4-11(10)15/h10-11H,1-9H2,(H,14,16). The summed E-state index contributed by atoms with van der Waals surface area (Å²) in [6.07, 6.45) is 6.17. The van der Waals surface area contributed by atoms with E-state index >= 15 is 0 Å². The average molecular weight is 245 g/mol. The molecule has 2 unspecified atom stereocenters. The summed E-state index contributed by atoms with van der Waals surface area (Å²) in [7, 11) is 0. The van der Waals surface area contributed by atoms with Gasteiger partial charge in [-0.2, -0.15) is 0 Å². The molecule has 92 valence electrons. The first-order valence-electron chi connectivity index (χ1n) is 6.40. The van der Waals surface area contributed by atoms with Gasteiger partial charge < -0.3 is 5.32 Å². The van der Waals surface area contributed by atoms with Crippen molar-refractivity contribution in [1.29, 1.82) is 0 Å². The molecule has 2 aliphatic rings. The van der Waals surface area contributed by atoms with E-state index in [2.05, 4.69) is 10.2 Å². The molecule has 0 bridgehead atoms. The molecule has 1 N–H and O–H groups in total. The van der Waals surface area contributed by atoms with Crippen LogP contribution < -0.4 is 5.32 Å². The van der Waals surface area contributed by atoms with Gasteiger partial charge in [-0.15, -0.1) is 11.6 Å². The van der Waals surface area contributed by atoms with E-state index in [4.69, 9.17) is 11.6 Å². The predicted molar refractivity (Wildman–Crippen MR) is 65.7 cm³/mol. The SMILES string of the molecule is O=C(CCCCCl)NC1CCN2CCCC12. The maximum Gasteiger partial charge on any atom is 0.220 e. The van der Waals surface area contributed by atoms with Crippen molar-refractivity contribution in [2.45, 2.75) is 50.6 Å². The van der Waals surface area contributed by atoms with E-state index in [1.807, 2.05) is 0 Å². The molecular formula is C12H21ClN2O. The third-order valence-corrected chi connectivity index (χ3v) is 4.01. The Kier molecular flexibility index (Phi) is 4.47. The van der Waals surface area contributed by atoms with Crippen LogP contribution in [-0.2, 0) is 4.79 Å². The fourth-order valence-electron chi connectivity index (χ4n) is 2.91. The van der Waals surface area contributed by atoms with Crippen molar-refractivity contribution < 1.29 is 4.79 Å². The van der Waals surface area contributed by atoms with Crippen molar-refractivity contribution in [3.63, 3.8) is 0 Å². The third kappa shape index (κ3) is 2.89. The number of halogens is 1. The van der Waals surface area contributed by atoms with E-state index in [1.165, 1.54) is 19.4 Å². The Hall–Kier alpha value is -0.280. The normalized spacial score (nSPS) is 29.3. The number of fused-ring (bicyclic) bond motifs is 1. The van der Waals surface area contributed by atoms with Crippen molar-refractivity contribution in [2.24, 2.45) is 0 Å². The largest absolute Gasteiger partial charge is 0.352 e. The number of unbranched alkanes of at least 4 members (excludes halogenated alkanes) is 1. The van der Waals surface area contributed by atoms with Crippen LogP contribution in [0.1, 0.15) is 38.5 Å². The van der Waals surface area contributed by atoms with E-state index < -0.39 is 0 Å². The number of hydrogen-bond acceptors (Lipinski definition) is 2. The molecule has 2 saturated heterocycles. The van der Waals surface area contributed by atoms with Crippen LogP contribution in [0.25, 0.3) is 0 Å². The lowest BCUT2D eigenvalue weighted by Gasteiger charge is -2.21. The number of nitrogens with one attached hydrogen (secondary N) is 1. The molecule has 2 fully saturated rings. The van der Waals surface area contributed by atoms with Gasteiger partial charge in [-0.25, -0.2) is 0 Å². The highest BCUT2D eigenvalue weighted by Gasteiger charge is 2.37. The molecule has 3 nitrogen and oxygen atoms in total. The maximum absolute atomic E-state index is 11.7. The van der Waals surface area contributed by atoms with Gasteiger partial charge in [-0.05, 0) is 38.6 Å². The summed E-state index contributed by atoms with van der Waals surface area (Å²) >= 11 is 5.59. The van der Waals surface area contributed by atoms with E-state index in [9.17, 15) is 4.79 Å². The zero-order valence-corrected chi connectivity index (χ0v) is 10.5. The van der Waals surface area contributed by atoms with Crippen LogP contribution in [0.5, 0.6) is 0 Å². The van der Waals surface area contributed by atoms with Crippen LogP contribution in [0.15, 0.2) is 0 Å². The monoisotopic (exact) mass is 244 g/mol. The lowest BCUT2D eigenvalue weighted by molar-refractivity contribution is -0.122. The van der Waals surface area contributed by atoms with Gasteiger partial charge in [0.15, 0.2) is 0 Å². The van der Waals surface area contributed by atoms with E-state index in [1.54, 1.807) is 0 Å². The summed E-state index contributed by atoms with van der Waals surface area (Å²) in [5, 5.41) is 3.19. The van der Waals surface area contributed by atoms with Gasteiger partial charge in [-0.3, -0.25) is 9.69 Å². The highest BCUT2D eigenvalue weighted by atomic mass is 35.5. The second kappa shape index (κ2) is 5.87. The van der Waals surface area contributed by atoms with Gasteiger partial charge in [0.1, 0.15) is 0 Å². The van der Waals surface area contributed by atoms with Crippen LogP contribution in [0.3, 0.4) is 0 Å². The third-order valence-electron chi connectivity index (χ3n) is 3.74. The van der Waals surface area contributed by atoms with Gasteiger partial charge in [-0.1, -0.05) is 0 Å². The molecule has 0 saturated carbocycles. The number of rotatable bonds is 5. The number of carbonyl (C=O) groups is 1. The van der Waals surface area contributed by atoms with Crippen molar-refractivity contribution in [1.82, 2.24) is 10.2 Å². The first-order valence-corrected chi connectivity index (χ1v) is 6.94. The second-order valence-electron chi connectivity index (χ2n) is 4.85. The number of alkyl halides is 1. The summed E-state index contributed by atoms with van der Waals surface area (Å²) in [5.74, 6) is 0.872. The quantitative estimate of drug-likeness (QED) is 0.590. The average Bonchev–Trinajstić information content (AvgIpc) is 2.83. The Morgan fingerprint density at radius 2 is 2.19 bits per heavy atom. The van der Waals surface area contributed by atoms with Gasteiger partial charge >= 0.3 is 0 Å². The Morgan fingerprint density at radius 3 is 3.00 bits per heavy atom. The van der Waals surface area contributed by atoms with Crippen molar-refractivity contribution in [3.05, 3.63) is 0 Å². The van der Waals surface area contributed by atoms with Crippen molar-refractivity contribution >= 4 is 17.5 Å². The van der Waals surface area contributed by atoms with Crippen LogP contribution in [0, 0.1) is 0 Å². The highest BCUT2D eigenvalue weighted by Crippen LogP contribution is 2.27. The molecule has 0 radical (unpaired) electrons. The molecule has 2 atom stereocenters. The molecule has 2 aliphatic heterocycles. The molecule has 0 aromatic rings. The topological polar surface area (TPSA) is 32.3 Å². The zero-order valence-electron chi connectivity index (χ0n) is 9.75. The van der Waals surface area contributed by atoms with Gasteiger partial charge in [0, 0.05) is 30.9 Å². The number of hydrogen-bond donors (Lipinski definition) is 1. The lowest BCUT2D eigenvalue weighted by Crippen LogP contribution is -2.42. The van der Waals surface area contributed by atoms with E-state index in [0.717, 1.165) is 25.8 Å².